The average molecular weight is 239 g/mol. The highest BCUT2D eigenvalue weighted by atomic mass is 16.5. The van der Waals surface area contributed by atoms with Crippen molar-refractivity contribution in [3.8, 4) is 0 Å². The highest BCUT2D eigenvalue weighted by Crippen LogP contribution is 2.09. The molecular formula is C13H25N3O. The molecule has 0 saturated heterocycles. The van der Waals surface area contributed by atoms with Crippen molar-refractivity contribution in [1.82, 2.24) is 15.1 Å². The van der Waals surface area contributed by atoms with Crippen molar-refractivity contribution >= 4 is 0 Å². The molecule has 0 aliphatic carbocycles. The summed E-state index contributed by atoms with van der Waals surface area (Å²) in [6.07, 6.45) is 4.22. The molecule has 1 heterocycles. The van der Waals surface area contributed by atoms with Crippen LogP contribution in [0.3, 0.4) is 0 Å². The first-order chi connectivity index (χ1) is 8.19. The Morgan fingerprint density at radius 1 is 1.47 bits per heavy atom. The molecule has 0 fully saturated rings. The quantitative estimate of drug-likeness (QED) is 0.751. The summed E-state index contributed by atoms with van der Waals surface area (Å²) in [6, 6.07) is 2.49. The summed E-state index contributed by atoms with van der Waals surface area (Å²) < 4.78 is 7.61. The van der Waals surface area contributed by atoms with Gasteiger partial charge in [0.05, 0.1) is 6.10 Å². The maximum Gasteiger partial charge on any atom is 0.0699 e. The molecule has 0 aliphatic rings. The van der Waals surface area contributed by atoms with Gasteiger partial charge in [0.2, 0.25) is 0 Å². The Bertz CT molecular complexity index is 311. The lowest BCUT2D eigenvalue weighted by molar-refractivity contribution is 0.0456. The first-order valence-electron chi connectivity index (χ1n) is 6.50. The van der Waals surface area contributed by atoms with Gasteiger partial charge in [0.1, 0.15) is 0 Å². The van der Waals surface area contributed by atoms with Crippen LogP contribution in [0.2, 0.25) is 0 Å². The van der Waals surface area contributed by atoms with Gasteiger partial charge in [-0.1, -0.05) is 6.92 Å². The lowest BCUT2D eigenvalue weighted by Gasteiger charge is -2.24. The number of rotatable bonds is 8. The second-order valence-electron chi connectivity index (χ2n) is 4.31. The molecule has 1 aromatic heterocycles. The number of hydrogen-bond donors (Lipinski definition) is 1. The van der Waals surface area contributed by atoms with Gasteiger partial charge in [-0.15, -0.1) is 0 Å². The van der Waals surface area contributed by atoms with E-state index in [0.29, 0.717) is 6.04 Å². The molecule has 17 heavy (non-hydrogen) atoms. The number of aryl methyl sites for hydroxylation is 2. The molecule has 4 heteroatoms. The van der Waals surface area contributed by atoms with Crippen LogP contribution in [0.4, 0.5) is 0 Å². The van der Waals surface area contributed by atoms with Gasteiger partial charge >= 0.3 is 0 Å². The van der Waals surface area contributed by atoms with Crippen LogP contribution < -0.4 is 5.32 Å². The Morgan fingerprint density at radius 2 is 2.24 bits per heavy atom. The number of hydrogen-bond acceptors (Lipinski definition) is 3. The highest BCUT2D eigenvalue weighted by molar-refractivity contribution is 5.00. The van der Waals surface area contributed by atoms with Crippen molar-refractivity contribution < 1.29 is 4.74 Å². The maximum absolute atomic E-state index is 5.67. The van der Waals surface area contributed by atoms with Crippen LogP contribution in [0.1, 0.15) is 32.9 Å². The van der Waals surface area contributed by atoms with Gasteiger partial charge in [-0.25, -0.2) is 0 Å². The molecule has 0 aliphatic heterocycles. The van der Waals surface area contributed by atoms with Gasteiger partial charge in [0.25, 0.3) is 0 Å². The van der Waals surface area contributed by atoms with Gasteiger partial charge in [-0.3, -0.25) is 4.68 Å². The van der Waals surface area contributed by atoms with Gasteiger partial charge < -0.3 is 10.1 Å². The Morgan fingerprint density at radius 3 is 2.76 bits per heavy atom. The summed E-state index contributed by atoms with van der Waals surface area (Å²) in [5.74, 6) is 0. The van der Waals surface area contributed by atoms with Gasteiger partial charge in [-0.2, -0.15) is 5.10 Å². The minimum absolute atomic E-state index is 0.258. The normalized spacial score (nSPS) is 14.8. The summed E-state index contributed by atoms with van der Waals surface area (Å²) in [5, 5.41) is 7.68. The van der Waals surface area contributed by atoms with E-state index in [0.717, 1.165) is 26.0 Å². The van der Waals surface area contributed by atoms with Crippen molar-refractivity contribution in [2.45, 2.75) is 45.8 Å². The van der Waals surface area contributed by atoms with E-state index in [4.69, 9.17) is 4.74 Å². The first kappa shape index (κ1) is 14.2. The summed E-state index contributed by atoms with van der Waals surface area (Å²) in [5.41, 5.74) is 1.27. The van der Waals surface area contributed by atoms with Crippen LogP contribution in [-0.4, -0.2) is 35.1 Å². The van der Waals surface area contributed by atoms with Crippen molar-refractivity contribution in [2.75, 3.05) is 13.2 Å². The fourth-order valence-corrected chi connectivity index (χ4v) is 2.09. The van der Waals surface area contributed by atoms with Crippen LogP contribution in [0, 0.1) is 0 Å². The molecule has 2 atom stereocenters. The third-order valence-electron chi connectivity index (χ3n) is 3.10. The Kier molecular flexibility index (Phi) is 6.22. The Hall–Kier alpha value is -0.870. The minimum Gasteiger partial charge on any atom is -0.377 e. The lowest BCUT2D eigenvalue weighted by Crippen LogP contribution is -2.40. The van der Waals surface area contributed by atoms with E-state index in [2.05, 4.69) is 30.3 Å². The molecule has 1 N–H and O–H groups in total. The van der Waals surface area contributed by atoms with E-state index in [9.17, 15) is 0 Å². The van der Waals surface area contributed by atoms with Crippen LogP contribution in [0.25, 0.3) is 0 Å². The van der Waals surface area contributed by atoms with E-state index in [1.165, 1.54) is 5.69 Å². The molecule has 0 radical (unpaired) electrons. The SMILES string of the molecule is CCNC(CCc1ccnn1C)C(C)OCC. The Labute approximate surface area is 104 Å². The van der Waals surface area contributed by atoms with Gasteiger partial charge in [-0.05, 0) is 39.3 Å². The van der Waals surface area contributed by atoms with Crippen molar-refractivity contribution in [3.05, 3.63) is 18.0 Å². The smallest absolute Gasteiger partial charge is 0.0699 e. The highest BCUT2D eigenvalue weighted by Gasteiger charge is 2.16. The summed E-state index contributed by atoms with van der Waals surface area (Å²) >= 11 is 0. The van der Waals surface area contributed by atoms with E-state index >= 15 is 0 Å². The molecule has 0 spiro atoms. The fourth-order valence-electron chi connectivity index (χ4n) is 2.09. The Balaban J connectivity index is 2.46. The van der Waals surface area contributed by atoms with Crippen LogP contribution in [-0.2, 0) is 18.2 Å². The topological polar surface area (TPSA) is 39.1 Å². The average Bonchev–Trinajstić information content (AvgIpc) is 2.70. The molecule has 4 nitrogen and oxygen atoms in total. The molecule has 0 saturated carbocycles. The number of nitrogens with zero attached hydrogens (tertiary/aromatic N) is 2. The number of ether oxygens (including phenoxy) is 1. The standard InChI is InChI=1S/C13H25N3O/c1-5-14-13(11(3)17-6-2)8-7-12-9-10-15-16(12)4/h9-11,13-14H,5-8H2,1-4H3. The zero-order chi connectivity index (χ0) is 12.7. The molecule has 0 aromatic carbocycles. The summed E-state index contributed by atoms with van der Waals surface area (Å²) in [4.78, 5) is 0. The number of likely N-dealkylation sites (N-methyl/N-ethyl adjacent to an activating group) is 1. The molecule has 1 rings (SSSR count). The molecule has 2 unspecified atom stereocenters. The zero-order valence-electron chi connectivity index (χ0n) is 11.4. The largest absolute Gasteiger partial charge is 0.377 e. The number of aromatic nitrogens is 2. The summed E-state index contributed by atoms with van der Waals surface area (Å²) in [6.45, 7) is 8.07. The molecular weight excluding hydrogens is 214 g/mol. The van der Waals surface area contributed by atoms with E-state index in [1.807, 2.05) is 24.9 Å². The van der Waals surface area contributed by atoms with Crippen LogP contribution in [0.5, 0.6) is 0 Å². The third-order valence-corrected chi connectivity index (χ3v) is 3.10. The third kappa shape index (κ3) is 4.48. The molecule has 0 amide bonds. The molecule has 98 valence electrons. The fraction of sp³-hybridized carbons (Fsp3) is 0.769. The van der Waals surface area contributed by atoms with Crippen LogP contribution >= 0.6 is 0 Å². The van der Waals surface area contributed by atoms with Crippen molar-refractivity contribution in [3.63, 3.8) is 0 Å². The lowest BCUT2D eigenvalue weighted by atomic mass is 10.0. The van der Waals surface area contributed by atoms with Crippen LogP contribution in [0.15, 0.2) is 12.3 Å². The first-order valence-corrected chi connectivity index (χ1v) is 6.50. The zero-order valence-corrected chi connectivity index (χ0v) is 11.4. The second kappa shape index (κ2) is 7.45. The van der Waals surface area contributed by atoms with Gasteiger partial charge in [0.15, 0.2) is 0 Å². The second-order valence-corrected chi connectivity index (χ2v) is 4.31. The molecule has 0 bridgehead atoms. The van der Waals surface area contributed by atoms with E-state index in [1.54, 1.807) is 0 Å². The predicted molar refractivity (Wildman–Crippen MR) is 70.1 cm³/mol. The van der Waals surface area contributed by atoms with E-state index < -0.39 is 0 Å². The van der Waals surface area contributed by atoms with Crippen molar-refractivity contribution in [1.29, 1.82) is 0 Å². The monoisotopic (exact) mass is 239 g/mol. The van der Waals surface area contributed by atoms with E-state index in [-0.39, 0.29) is 6.10 Å². The number of nitrogens with one attached hydrogen (secondary N) is 1. The van der Waals surface area contributed by atoms with Crippen molar-refractivity contribution in [2.24, 2.45) is 7.05 Å². The predicted octanol–water partition coefficient (Wildman–Crippen LogP) is 1.76. The summed E-state index contributed by atoms with van der Waals surface area (Å²) in [7, 11) is 1.99. The van der Waals surface area contributed by atoms with Gasteiger partial charge in [0, 0.05) is 31.6 Å². The molecule has 1 aromatic rings. The maximum atomic E-state index is 5.67. The minimum atomic E-state index is 0.258.